The average Bonchev–Trinajstić information content (AvgIpc) is 2.30. The van der Waals surface area contributed by atoms with Crippen molar-refractivity contribution in [3.05, 3.63) is 51.7 Å². The van der Waals surface area contributed by atoms with Gasteiger partial charge < -0.3 is 10.7 Å². The fourth-order valence-electron chi connectivity index (χ4n) is 1.51. The van der Waals surface area contributed by atoms with Gasteiger partial charge >= 0.3 is 0 Å². The van der Waals surface area contributed by atoms with E-state index in [1.54, 1.807) is 6.92 Å². The largest absolute Gasteiger partial charge is 0.384 e. The second kappa shape index (κ2) is 5.23. The van der Waals surface area contributed by atoms with Crippen molar-refractivity contribution in [2.75, 3.05) is 0 Å². The van der Waals surface area contributed by atoms with Crippen molar-refractivity contribution < 1.29 is 4.39 Å². The monoisotopic (exact) mass is 278 g/mol. The maximum atomic E-state index is 13.1. The smallest absolute Gasteiger partial charge is 0.251 e. The molecule has 1 heterocycles. The van der Waals surface area contributed by atoms with Crippen LogP contribution in [0.15, 0.2) is 39.1 Å². The standard InChI is InChI=1S/C12H11FN4OS/c1-6-4-10(18)17-12(16-6)19-9-3-2-7(13)5-8(9)11(14)15/h2-5H,1H3,(H3,14,15)(H,16,17,18). The summed E-state index contributed by atoms with van der Waals surface area (Å²) < 4.78 is 13.1. The van der Waals surface area contributed by atoms with Gasteiger partial charge in [-0.3, -0.25) is 10.2 Å². The molecule has 0 aliphatic heterocycles. The fourth-order valence-corrected chi connectivity index (χ4v) is 2.47. The van der Waals surface area contributed by atoms with Gasteiger partial charge in [0.25, 0.3) is 5.56 Å². The van der Waals surface area contributed by atoms with Gasteiger partial charge in [-0.1, -0.05) is 11.8 Å². The molecule has 0 aliphatic rings. The second-order valence-corrected chi connectivity index (χ2v) is 4.88. The van der Waals surface area contributed by atoms with Gasteiger partial charge in [-0.2, -0.15) is 0 Å². The van der Waals surface area contributed by atoms with Crippen LogP contribution >= 0.6 is 11.8 Å². The molecule has 0 saturated heterocycles. The molecule has 0 unspecified atom stereocenters. The number of nitrogens with two attached hydrogens (primary N) is 1. The van der Waals surface area contributed by atoms with Crippen LogP contribution in [0.3, 0.4) is 0 Å². The summed E-state index contributed by atoms with van der Waals surface area (Å²) in [5.74, 6) is -0.711. The summed E-state index contributed by atoms with van der Waals surface area (Å²) in [6, 6.07) is 5.32. The number of hydrogen-bond donors (Lipinski definition) is 3. The summed E-state index contributed by atoms with van der Waals surface area (Å²) in [6.45, 7) is 1.70. The van der Waals surface area contributed by atoms with Crippen LogP contribution < -0.4 is 11.3 Å². The third-order valence-electron chi connectivity index (χ3n) is 2.29. The normalized spacial score (nSPS) is 10.4. The molecule has 98 valence electrons. The Kier molecular flexibility index (Phi) is 3.66. The number of nitrogen functional groups attached to an aromatic ring is 1. The Labute approximate surface area is 112 Å². The maximum Gasteiger partial charge on any atom is 0.251 e. The molecule has 0 spiro atoms. The van der Waals surface area contributed by atoms with Crippen molar-refractivity contribution in [1.82, 2.24) is 9.97 Å². The van der Waals surface area contributed by atoms with E-state index in [4.69, 9.17) is 11.1 Å². The van der Waals surface area contributed by atoms with E-state index >= 15 is 0 Å². The summed E-state index contributed by atoms with van der Waals surface area (Å²) in [6.07, 6.45) is 0. The minimum Gasteiger partial charge on any atom is -0.384 e. The SMILES string of the molecule is Cc1cc(=O)[nH]c(Sc2ccc(F)cc2C(=N)N)n1. The minimum absolute atomic E-state index is 0.239. The number of rotatable bonds is 3. The Balaban J connectivity index is 2.43. The molecule has 0 radical (unpaired) electrons. The third-order valence-corrected chi connectivity index (χ3v) is 3.25. The number of aromatic amines is 1. The molecule has 0 fully saturated rings. The lowest BCUT2D eigenvalue weighted by Crippen LogP contribution is -2.13. The fraction of sp³-hybridized carbons (Fsp3) is 0.0833. The first kappa shape index (κ1) is 13.3. The molecular formula is C12H11FN4OS. The zero-order valence-corrected chi connectivity index (χ0v) is 10.8. The summed E-state index contributed by atoms with van der Waals surface area (Å²) in [5, 5.41) is 7.80. The quantitative estimate of drug-likeness (QED) is 0.452. The predicted octanol–water partition coefficient (Wildman–Crippen LogP) is 1.65. The van der Waals surface area contributed by atoms with Gasteiger partial charge in [0.2, 0.25) is 0 Å². The first-order chi connectivity index (χ1) is 8.95. The zero-order valence-electron chi connectivity index (χ0n) is 10.0. The highest BCUT2D eigenvalue weighted by Crippen LogP contribution is 2.27. The number of H-pyrrole nitrogens is 1. The summed E-state index contributed by atoms with van der Waals surface area (Å²) in [7, 11) is 0. The van der Waals surface area contributed by atoms with Crippen LogP contribution in [-0.4, -0.2) is 15.8 Å². The van der Waals surface area contributed by atoms with Crippen LogP contribution in [-0.2, 0) is 0 Å². The van der Waals surface area contributed by atoms with E-state index in [-0.39, 0.29) is 17.0 Å². The van der Waals surface area contributed by atoms with Gasteiger partial charge in [-0.05, 0) is 25.1 Å². The Morgan fingerprint density at radius 2 is 2.21 bits per heavy atom. The lowest BCUT2D eigenvalue weighted by atomic mass is 10.2. The highest BCUT2D eigenvalue weighted by Gasteiger charge is 2.10. The van der Waals surface area contributed by atoms with Crippen molar-refractivity contribution in [3.8, 4) is 0 Å². The molecule has 19 heavy (non-hydrogen) atoms. The highest BCUT2D eigenvalue weighted by atomic mass is 32.2. The summed E-state index contributed by atoms with van der Waals surface area (Å²) in [4.78, 5) is 18.6. The number of aromatic nitrogens is 2. The van der Waals surface area contributed by atoms with Crippen molar-refractivity contribution in [2.45, 2.75) is 17.0 Å². The molecule has 4 N–H and O–H groups in total. The molecule has 0 aliphatic carbocycles. The van der Waals surface area contributed by atoms with E-state index in [2.05, 4.69) is 9.97 Å². The van der Waals surface area contributed by atoms with Crippen LogP contribution in [0.25, 0.3) is 0 Å². The van der Waals surface area contributed by atoms with Gasteiger partial charge in [0.15, 0.2) is 5.16 Å². The maximum absolute atomic E-state index is 13.1. The molecule has 1 aromatic heterocycles. The molecule has 5 nitrogen and oxygen atoms in total. The van der Waals surface area contributed by atoms with Crippen LogP contribution in [0, 0.1) is 18.2 Å². The molecule has 0 bridgehead atoms. The first-order valence-corrected chi connectivity index (χ1v) is 6.17. The summed E-state index contributed by atoms with van der Waals surface area (Å²) >= 11 is 1.13. The number of nitrogens with one attached hydrogen (secondary N) is 2. The Bertz CT molecular complexity index is 698. The Morgan fingerprint density at radius 3 is 2.84 bits per heavy atom. The van der Waals surface area contributed by atoms with E-state index in [9.17, 15) is 9.18 Å². The molecule has 0 atom stereocenters. The molecule has 7 heteroatoms. The van der Waals surface area contributed by atoms with Crippen LogP contribution in [0.5, 0.6) is 0 Å². The lowest BCUT2D eigenvalue weighted by molar-refractivity contribution is 0.626. The molecule has 0 saturated carbocycles. The molecule has 0 amide bonds. The van der Waals surface area contributed by atoms with Crippen molar-refractivity contribution in [3.63, 3.8) is 0 Å². The van der Waals surface area contributed by atoms with Crippen LogP contribution in [0.2, 0.25) is 0 Å². The van der Waals surface area contributed by atoms with Gasteiger partial charge in [0.05, 0.1) is 0 Å². The topological polar surface area (TPSA) is 95.6 Å². The van der Waals surface area contributed by atoms with E-state index in [1.165, 1.54) is 24.3 Å². The Morgan fingerprint density at radius 1 is 1.47 bits per heavy atom. The average molecular weight is 278 g/mol. The summed E-state index contributed by atoms with van der Waals surface area (Å²) in [5.41, 5.74) is 6.00. The van der Waals surface area contributed by atoms with E-state index < -0.39 is 5.82 Å². The number of hydrogen-bond acceptors (Lipinski definition) is 4. The minimum atomic E-state index is -0.472. The molecule has 1 aromatic carbocycles. The van der Waals surface area contributed by atoms with Gasteiger partial charge in [-0.25, -0.2) is 9.37 Å². The predicted molar refractivity (Wildman–Crippen MR) is 71.1 cm³/mol. The van der Waals surface area contributed by atoms with Crippen LogP contribution in [0.1, 0.15) is 11.3 Å². The van der Waals surface area contributed by atoms with E-state index in [0.29, 0.717) is 15.7 Å². The van der Waals surface area contributed by atoms with Gasteiger partial charge in [-0.15, -0.1) is 0 Å². The zero-order chi connectivity index (χ0) is 14.0. The molecule has 2 rings (SSSR count). The number of benzene rings is 1. The number of nitrogens with zero attached hydrogens (tertiary/aromatic N) is 1. The lowest BCUT2D eigenvalue weighted by Gasteiger charge is -2.07. The second-order valence-electron chi connectivity index (χ2n) is 3.85. The number of aryl methyl sites for hydroxylation is 1. The first-order valence-electron chi connectivity index (χ1n) is 5.35. The molecule has 2 aromatic rings. The van der Waals surface area contributed by atoms with E-state index in [1.807, 2.05) is 0 Å². The van der Waals surface area contributed by atoms with Crippen LogP contribution in [0.4, 0.5) is 4.39 Å². The Hall–Kier alpha value is -2.15. The third kappa shape index (κ3) is 3.19. The number of amidine groups is 1. The van der Waals surface area contributed by atoms with Gasteiger partial charge in [0.1, 0.15) is 11.7 Å². The van der Waals surface area contributed by atoms with Gasteiger partial charge in [0, 0.05) is 22.2 Å². The van der Waals surface area contributed by atoms with Crippen molar-refractivity contribution >= 4 is 17.6 Å². The molecular weight excluding hydrogens is 267 g/mol. The highest BCUT2D eigenvalue weighted by molar-refractivity contribution is 7.99. The van der Waals surface area contributed by atoms with Crippen molar-refractivity contribution in [1.29, 1.82) is 5.41 Å². The van der Waals surface area contributed by atoms with E-state index in [0.717, 1.165) is 11.8 Å². The number of halogens is 1. The van der Waals surface area contributed by atoms with Crippen molar-refractivity contribution in [2.24, 2.45) is 5.73 Å².